The van der Waals surface area contributed by atoms with Crippen molar-refractivity contribution in [2.75, 3.05) is 16.8 Å². The third kappa shape index (κ3) is 4.77. The number of allylic oxidation sites excluding steroid dienone is 1. The second-order valence-electron chi connectivity index (χ2n) is 10.1. The zero-order valence-corrected chi connectivity index (χ0v) is 21.7. The summed E-state index contributed by atoms with van der Waals surface area (Å²) in [6, 6.07) is 6.66. The fourth-order valence-corrected chi connectivity index (χ4v) is 5.43. The third-order valence-corrected chi connectivity index (χ3v) is 7.52. The molecule has 1 atom stereocenters. The van der Waals surface area contributed by atoms with Crippen molar-refractivity contribution in [2.24, 2.45) is 7.05 Å². The highest BCUT2D eigenvalue weighted by molar-refractivity contribution is 6.02. The van der Waals surface area contributed by atoms with E-state index >= 15 is 0 Å². The molecule has 2 heterocycles. The van der Waals surface area contributed by atoms with Crippen LogP contribution in [0.3, 0.4) is 0 Å². The van der Waals surface area contributed by atoms with E-state index in [2.05, 4.69) is 72.4 Å². The van der Waals surface area contributed by atoms with Gasteiger partial charge in [-0.3, -0.25) is 4.79 Å². The van der Waals surface area contributed by atoms with Crippen molar-refractivity contribution in [1.29, 1.82) is 0 Å². The second-order valence-corrected chi connectivity index (χ2v) is 10.1. The van der Waals surface area contributed by atoms with Gasteiger partial charge in [-0.05, 0) is 62.3 Å². The van der Waals surface area contributed by atoms with Crippen LogP contribution in [0.2, 0.25) is 0 Å². The summed E-state index contributed by atoms with van der Waals surface area (Å²) in [5.41, 5.74) is 4.55. The Bertz CT molecular complexity index is 1050. The maximum Gasteiger partial charge on any atom is 0.247 e. The molecule has 0 radical (unpaired) electrons. The number of hydrogen-bond donors (Lipinski definition) is 1. The summed E-state index contributed by atoms with van der Waals surface area (Å²) < 4.78 is 2.00. The average molecular weight is 464 g/mol. The highest BCUT2D eigenvalue weighted by atomic mass is 16.2. The van der Waals surface area contributed by atoms with Crippen LogP contribution in [-0.2, 0) is 18.3 Å². The maximum absolute atomic E-state index is 13.9. The number of unbranched alkanes of at least 4 members (excludes halogenated alkanes) is 2. The Labute approximate surface area is 204 Å². The molecule has 0 bridgehead atoms. The summed E-state index contributed by atoms with van der Waals surface area (Å²) in [5.74, 6) is 2.30. The molecule has 1 fully saturated rings. The third-order valence-electron chi connectivity index (χ3n) is 7.52. The Morgan fingerprint density at radius 2 is 1.94 bits per heavy atom. The molecule has 34 heavy (non-hydrogen) atoms. The lowest BCUT2D eigenvalue weighted by Crippen LogP contribution is -2.54. The Balaban J connectivity index is 1.64. The van der Waals surface area contributed by atoms with Crippen LogP contribution < -0.4 is 10.2 Å². The fraction of sp³-hybridized carbons (Fsp3) is 0.607. The van der Waals surface area contributed by atoms with Crippen molar-refractivity contribution in [3.8, 4) is 0 Å². The van der Waals surface area contributed by atoms with Crippen LogP contribution in [0.15, 0.2) is 24.3 Å². The maximum atomic E-state index is 13.9. The van der Waals surface area contributed by atoms with Crippen molar-refractivity contribution < 1.29 is 4.79 Å². The molecule has 0 spiro atoms. The molecule has 1 aromatic heterocycles. The lowest BCUT2D eigenvalue weighted by molar-refractivity contribution is -0.118. The van der Waals surface area contributed by atoms with Crippen molar-refractivity contribution in [3.63, 3.8) is 0 Å². The summed E-state index contributed by atoms with van der Waals surface area (Å²) in [6.45, 7) is 9.06. The minimum absolute atomic E-state index is 0.0857. The molecule has 6 nitrogen and oxygen atoms in total. The van der Waals surface area contributed by atoms with Crippen LogP contribution in [-0.4, -0.2) is 32.8 Å². The Morgan fingerprint density at radius 3 is 2.62 bits per heavy atom. The molecular formula is C28H41N5O. The van der Waals surface area contributed by atoms with Crippen LogP contribution in [0.5, 0.6) is 0 Å². The SMILES string of the molecule is CCCCCC1(CC)C=C(C)c2cc(CCC)ccc2N1C(=O)CNc1nnc(C2CC2)n1C. The van der Waals surface area contributed by atoms with Gasteiger partial charge in [-0.2, -0.15) is 0 Å². The number of nitrogens with zero attached hydrogens (tertiary/aromatic N) is 4. The van der Waals surface area contributed by atoms with E-state index < -0.39 is 0 Å². The van der Waals surface area contributed by atoms with Gasteiger partial charge in [0.2, 0.25) is 11.9 Å². The first-order chi connectivity index (χ1) is 16.4. The minimum atomic E-state index is -0.295. The summed E-state index contributed by atoms with van der Waals surface area (Å²) in [4.78, 5) is 16.0. The van der Waals surface area contributed by atoms with Gasteiger partial charge in [-0.15, -0.1) is 10.2 Å². The van der Waals surface area contributed by atoms with Crippen LogP contribution in [0.25, 0.3) is 5.57 Å². The first-order valence-electron chi connectivity index (χ1n) is 13.2. The topological polar surface area (TPSA) is 63.1 Å². The number of fused-ring (bicyclic) bond motifs is 1. The quantitative estimate of drug-likeness (QED) is 0.401. The highest BCUT2D eigenvalue weighted by Gasteiger charge is 2.41. The summed E-state index contributed by atoms with van der Waals surface area (Å²) >= 11 is 0. The molecule has 184 valence electrons. The second kappa shape index (κ2) is 10.3. The molecule has 1 unspecified atom stereocenters. The van der Waals surface area contributed by atoms with Gasteiger partial charge in [0.15, 0.2) is 0 Å². The molecule has 1 aliphatic carbocycles. The number of anilines is 2. The van der Waals surface area contributed by atoms with Gasteiger partial charge in [-0.25, -0.2) is 0 Å². The number of carbonyl (C=O) groups excluding carboxylic acids is 1. The van der Waals surface area contributed by atoms with Crippen molar-refractivity contribution >= 4 is 23.1 Å². The van der Waals surface area contributed by atoms with Gasteiger partial charge in [0.25, 0.3) is 0 Å². The Hall–Kier alpha value is -2.63. The molecule has 2 aromatic rings. The van der Waals surface area contributed by atoms with E-state index in [9.17, 15) is 4.79 Å². The van der Waals surface area contributed by atoms with E-state index in [-0.39, 0.29) is 18.0 Å². The van der Waals surface area contributed by atoms with E-state index in [4.69, 9.17) is 0 Å². The highest BCUT2D eigenvalue weighted by Crippen LogP contribution is 2.44. The monoisotopic (exact) mass is 463 g/mol. The van der Waals surface area contributed by atoms with E-state index in [1.54, 1.807) is 0 Å². The van der Waals surface area contributed by atoms with Gasteiger partial charge in [0, 0.05) is 18.5 Å². The molecular weight excluding hydrogens is 422 g/mol. The van der Waals surface area contributed by atoms with E-state index in [1.165, 1.54) is 42.4 Å². The summed E-state index contributed by atoms with van der Waals surface area (Å²) in [6.07, 6.45) is 12.2. The molecule has 1 amide bonds. The molecule has 0 saturated heterocycles. The van der Waals surface area contributed by atoms with Crippen LogP contribution in [0.4, 0.5) is 11.6 Å². The van der Waals surface area contributed by atoms with Gasteiger partial charge in [0.1, 0.15) is 5.82 Å². The number of aryl methyl sites for hydroxylation is 1. The largest absolute Gasteiger partial charge is 0.345 e. The van der Waals surface area contributed by atoms with Gasteiger partial charge >= 0.3 is 0 Å². The van der Waals surface area contributed by atoms with Crippen LogP contribution >= 0.6 is 0 Å². The number of carbonyl (C=O) groups is 1. The number of rotatable bonds is 11. The van der Waals surface area contributed by atoms with Gasteiger partial charge < -0.3 is 14.8 Å². The zero-order valence-electron chi connectivity index (χ0n) is 21.7. The van der Waals surface area contributed by atoms with E-state index in [0.29, 0.717) is 11.9 Å². The lowest BCUT2D eigenvalue weighted by Gasteiger charge is -2.46. The molecule has 1 aliphatic heterocycles. The summed E-state index contributed by atoms with van der Waals surface area (Å²) in [7, 11) is 1.99. The number of nitrogens with one attached hydrogen (secondary N) is 1. The van der Waals surface area contributed by atoms with Crippen LogP contribution in [0.1, 0.15) is 102 Å². The van der Waals surface area contributed by atoms with Crippen molar-refractivity contribution in [2.45, 2.75) is 96.9 Å². The number of benzene rings is 1. The minimum Gasteiger partial charge on any atom is -0.345 e. The van der Waals surface area contributed by atoms with Crippen molar-refractivity contribution in [1.82, 2.24) is 14.8 Å². The fourth-order valence-electron chi connectivity index (χ4n) is 5.43. The normalized spacial score (nSPS) is 19.7. The molecule has 1 N–H and O–H groups in total. The van der Waals surface area contributed by atoms with Gasteiger partial charge in [-0.1, -0.05) is 58.6 Å². The number of aromatic nitrogens is 3. The van der Waals surface area contributed by atoms with Crippen molar-refractivity contribution in [3.05, 3.63) is 41.2 Å². The van der Waals surface area contributed by atoms with Gasteiger partial charge in [0.05, 0.1) is 17.8 Å². The number of amides is 1. The molecule has 1 aromatic carbocycles. The summed E-state index contributed by atoms with van der Waals surface area (Å²) in [5, 5.41) is 12.0. The smallest absolute Gasteiger partial charge is 0.247 e. The zero-order chi connectivity index (χ0) is 24.3. The Morgan fingerprint density at radius 1 is 1.15 bits per heavy atom. The predicted octanol–water partition coefficient (Wildman–Crippen LogP) is 6.24. The molecule has 1 saturated carbocycles. The standard InChI is InChI=1S/C28H41N5O/c1-6-9-10-16-28(8-3)18-20(4)23-17-21(11-7-2)12-15-24(23)33(28)25(34)19-29-27-31-30-26(32(27)5)22-13-14-22/h12,15,17-18,22H,6-11,13-14,16,19H2,1-5H3,(H,29,31). The molecule has 4 rings (SSSR count). The van der Waals surface area contributed by atoms with Crippen LogP contribution in [0, 0.1) is 0 Å². The average Bonchev–Trinajstić information content (AvgIpc) is 3.60. The van der Waals surface area contributed by atoms with E-state index in [1.807, 2.05) is 11.6 Å². The lowest BCUT2D eigenvalue weighted by atomic mass is 9.80. The first kappa shape index (κ1) is 24.5. The predicted molar refractivity (Wildman–Crippen MR) is 140 cm³/mol. The molecule has 6 heteroatoms. The first-order valence-corrected chi connectivity index (χ1v) is 13.2. The number of hydrogen-bond acceptors (Lipinski definition) is 4. The molecule has 2 aliphatic rings. The van der Waals surface area contributed by atoms with E-state index in [0.717, 1.165) is 43.6 Å². The Kier molecular flexibility index (Phi) is 7.44.